The van der Waals surface area contributed by atoms with Gasteiger partial charge in [0.05, 0.1) is 4.90 Å². The summed E-state index contributed by atoms with van der Waals surface area (Å²) in [6.45, 7) is 0.231. The minimum atomic E-state index is -3.81. The number of carbonyl (C=O) groups excluding carboxylic acids is 2. The molecule has 1 aliphatic rings. The van der Waals surface area contributed by atoms with Crippen LogP contribution in [0.5, 0.6) is 0 Å². The van der Waals surface area contributed by atoms with E-state index in [0.717, 1.165) is 31.2 Å². The first-order valence-corrected chi connectivity index (χ1v) is 14.0. The van der Waals surface area contributed by atoms with Crippen molar-refractivity contribution in [2.45, 2.75) is 49.6 Å². The maximum absolute atomic E-state index is 12.9. The Hall–Kier alpha value is -2.36. The molecule has 3 N–H and O–H groups in total. The van der Waals surface area contributed by atoms with Gasteiger partial charge in [0.25, 0.3) is 0 Å². The summed E-state index contributed by atoms with van der Waals surface area (Å²) in [7, 11) is -3.81. The number of benzene rings is 2. The van der Waals surface area contributed by atoms with Crippen LogP contribution < -0.4 is 15.4 Å². The Balaban J connectivity index is 1.61. The highest BCUT2D eigenvalue weighted by atomic mass is 32.2. The van der Waals surface area contributed by atoms with Crippen molar-refractivity contribution in [1.29, 1.82) is 0 Å². The molecule has 2 aromatic rings. The zero-order valence-corrected chi connectivity index (χ0v) is 20.4. The van der Waals surface area contributed by atoms with Crippen LogP contribution in [0.2, 0.25) is 0 Å². The fourth-order valence-corrected chi connectivity index (χ4v) is 5.56. The fraction of sp³-hybridized carbons (Fsp3) is 0.417. The summed E-state index contributed by atoms with van der Waals surface area (Å²) < 4.78 is 27.9. The van der Waals surface area contributed by atoms with Crippen LogP contribution in [0.25, 0.3) is 0 Å². The van der Waals surface area contributed by atoms with E-state index in [-0.39, 0.29) is 29.2 Å². The summed E-state index contributed by atoms with van der Waals surface area (Å²) in [6.07, 6.45) is 6.32. The van der Waals surface area contributed by atoms with Crippen LogP contribution in [0, 0.1) is 5.92 Å². The molecule has 1 fully saturated rings. The van der Waals surface area contributed by atoms with Crippen molar-refractivity contribution < 1.29 is 18.0 Å². The molecule has 3 rings (SSSR count). The number of rotatable bonds is 11. The molecule has 0 radical (unpaired) electrons. The summed E-state index contributed by atoms with van der Waals surface area (Å²) in [4.78, 5) is 25.4. The number of thioether (sulfide) groups is 1. The van der Waals surface area contributed by atoms with Gasteiger partial charge in [-0.2, -0.15) is 16.5 Å². The summed E-state index contributed by atoms with van der Waals surface area (Å²) in [6, 6.07) is 14.5. The molecule has 1 aliphatic carbocycles. The number of hydrogen-bond acceptors (Lipinski definition) is 5. The Bertz CT molecular complexity index is 1040. The highest BCUT2D eigenvalue weighted by molar-refractivity contribution is 7.98. The third kappa shape index (κ3) is 7.58. The summed E-state index contributed by atoms with van der Waals surface area (Å²) in [5, 5.41) is 5.80. The monoisotopic (exact) mass is 489 g/mol. The second kappa shape index (κ2) is 12.2. The molecule has 0 saturated heterocycles. The third-order valence-electron chi connectivity index (χ3n) is 5.67. The molecule has 2 amide bonds. The van der Waals surface area contributed by atoms with Crippen LogP contribution in [-0.2, 0) is 26.2 Å². The number of anilines is 1. The zero-order chi connectivity index (χ0) is 23.7. The number of nitrogens with one attached hydrogen (secondary N) is 3. The molecule has 0 aliphatic heterocycles. The van der Waals surface area contributed by atoms with Gasteiger partial charge < -0.3 is 10.6 Å². The number of hydrogen-bond donors (Lipinski definition) is 3. The molecule has 1 unspecified atom stereocenters. The van der Waals surface area contributed by atoms with E-state index in [1.54, 1.807) is 30.0 Å². The van der Waals surface area contributed by atoms with E-state index in [0.29, 0.717) is 17.9 Å². The molecule has 7 nitrogen and oxygen atoms in total. The van der Waals surface area contributed by atoms with E-state index >= 15 is 0 Å². The number of amides is 2. The molecule has 9 heteroatoms. The van der Waals surface area contributed by atoms with Gasteiger partial charge in [-0.25, -0.2) is 8.42 Å². The van der Waals surface area contributed by atoms with Crippen molar-refractivity contribution in [2.75, 3.05) is 17.3 Å². The van der Waals surface area contributed by atoms with Crippen LogP contribution in [-0.4, -0.2) is 38.3 Å². The first-order valence-electron chi connectivity index (χ1n) is 11.1. The molecule has 2 aromatic carbocycles. The molecular weight excluding hydrogens is 458 g/mol. The average molecular weight is 490 g/mol. The van der Waals surface area contributed by atoms with Crippen molar-refractivity contribution in [3.63, 3.8) is 0 Å². The highest BCUT2D eigenvalue weighted by Crippen LogP contribution is 2.26. The highest BCUT2D eigenvalue weighted by Gasteiger charge is 2.25. The normalized spacial score (nSPS) is 15.2. The Kier molecular flexibility index (Phi) is 9.34. The largest absolute Gasteiger partial charge is 0.351 e. The lowest BCUT2D eigenvalue weighted by atomic mass is 10.1. The van der Waals surface area contributed by atoms with Gasteiger partial charge in [-0.15, -0.1) is 0 Å². The molecule has 0 heterocycles. The predicted octanol–water partition coefficient (Wildman–Crippen LogP) is 3.53. The molecule has 0 bridgehead atoms. The molecular formula is C24H31N3O4S2. The minimum absolute atomic E-state index is 0.0427. The molecule has 1 atom stereocenters. The van der Waals surface area contributed by atoms with E-state index in [1.165, 1.54) is 12.1 Å². The zero-order valence-electron chi connectivity index (χ0n) is 18.8. The van der Waals surface area contributed by atoms with Crippen molar-refractivity contribution in [2.24, 2.45) is 5.92 Å². The lowest BCUT2D eigenvalue weighted by Gasteiger charge is -2.18. The number of carbonyl (C=O) groups is 2. The van der Waals surface area contributed by atoms with Crippen molar-refractivity contribution >= 4 is 39.3 Å². The predicted molar refractivity (Wildman–Crippen MR) is 132 cm³/mol. The first-order chi connectivity index (χ1) is 15.9. The molecule has 33 heavy (non-hydrogen) atoms. The first kappa shape index (κ1) is 25.3. The summed E-state index contributed by atoms with van der Waals surface area (Å²) in [5.41, 5.74) is 1.52. The Morgan fingerprint density at radius 2 is 1.79 bits per heavy atom. The van der Waals surface area contributed by atoms with Crippen LogP contribution >= 0.6 is 11.8 Å². The van der Waals surface area contributed by atoms with Gasteiger partial charge in [-0.1, -0.05) is 43.2 Å². The Morgan fingerprint density at radius 3 is 2.48 bits per heavy atom. The smallest absolute Gasteiger partial charge is 0.241 e. The fourth-order valence-electron chi connectivity index (χ4n) is 3.84. The molecule has 178 valence electrons. The molecule has 0 spiro atoms. The summed E-state index contributed by atoms with van der Waals surface area (Å²) >= 11 is 1.55. The maximum Gasteiger partial charge on any atom is 0.241 e. The second-order valence-electron chi connectivity index (χ2n) is 8.16. The Labute approximate surface area is 200 Å². The van der Waals surface area contributed by atoms with E-state index in [9.17, 15) is 18.0 Å². The molecule has 1 saturated carbocycles. The van der Waals surface area contributed by atoms with Crippen LogP contribution in [0.3, 0.4) is 0 Å². The van der Waals surface area contributed by atoms with Crippen LogP contribution in [0.4, 0.5) is 5.69 Å². The van der Waals surface area contributed by atoms with Crippen molar-refractivity contribution in [3.8, 4) is 0 Å². The number of sulfonamides is 1. The van der Waals surface area contributed by atoms with Crippen LogP contribution in [0.1, 0.15) is 37.7 Å². The van der Waals surface area contributed by atoms with Crippen LogP contribution in [0.15, 0.2) is 59.5 Å². The van der Waals surface area contributed by atoms with Crippen molar-refractivity contribution in [3.05, 3.63) is 60.2 Å². The van der Waals surface area contributed by atoms with Gasteiger partial charge in [0.1, 0.15) is 6.04 Å². The lowest BCUT2D eigenvalue weighted by Crippen LogP contribution is -2.46. The van der Waals surface area contributed by atoms with E-state index in [2.05, 4.69) is 15.4 Å². The van der Waals surface area contributed by atoms with Gasteiger partial charge in [0, 0.05) is 18.2 Å². The van der Waals surface area contributed by atoms with Gasteiger partial charge >= 0.3 is 0 Å². The Morgan fingerprint density at radius 1 is 1.06 bits per heavy atom. The van der Waals surface area contributed by atoms with E-state index in [1.807, 2.05) is 30.5 Å². The maximum atomic E-state index is 12.9. The standard InChI is InChI=1S/C24H31N3O4S2/c1-32-15-14-22(27-33(30,31)21-12-3-2-4-13-21)24(29)25-17-18-8-7-11-20(16-18)26-23(28)19-9-5-6-10-19/h2-4,7-8,11-13,16,19,22,27H,5-6,9-10,14-15,17H2,1H3,(H,25,29)(H,26,28). The SMILES string of the molecule is CSCCC(NS(=O)(=O)c1ccccc1)C(=O)NCc1cccc(NC(=O)C2CCCC2)c1. The van der Waals surface area contributed by atoms with Gasteiger partial charge in [0.2, 0.25) is 21.8 Å². The van der Waals surface area contributed by atoms with Gasteiger partial charge in [-0.05, 0) is 61.1 Å². The topological polar surface area (TPSA) is 104 Å². The van der Waals surface area contributed by atoms with Gasteiger partial charge in [0.15, 0.2) is 0 Å². The molecule has 0 aromatic heterocycles. The lowest BCUT2D eigenvalue weighted by molar-refractivity contribution is -0.123. The van der Waals surface area contributed by atoms with E-state index < -0.39 is 16.1 Å². The quantitative estimate of drug-likeness (QED) is 0.448. The average Bonchev–Trinajstić information content (AvgIpc) is 3.36. The second-order valence-corrected chi connectivity index (χ2v) is 10.9. The van der Waals surface area contributed by atoms with Crippen molar-refractivity contribution in [1.82, 2.24) is 10.0 Å². The van der Waals surface area contributed by atoms with Gasteiger partial charge in [-0.3, -0.25) is 9.59 Å². The summed E-state index contributed by atoms with van der Waals surface area (Å²) in [5.74, 6) is 0.367. The third-order valence-corrected chi connectivity index (χ3v) is 7.80. The van der Waals surface area contributed by atoms with E-state index in [4.69, 9.17) is 0 Å². The minimum Gasteiger partial charge on any atom is -0.351 e.